The van der Waals surface area contributed by atoms with Gasteiger partial charge in [-0.2, -0.15) is 0 Å². The van der Waals surface area contributed by atoms with Gasteiger partial charge >= 0.3 is 11.7 Å². The van der Waals surface area contributed by atoms with Gasteiger partial charge in [-0.25, -0.2) is 4.79 Å². The van der Waals surface area contributed by atoms with E-state index in [4.69, 9.17) is 14.2 Å². The largest absolute Gasteiger partial charge is 0.496 e. The van der Waals surface area contributed by atoms with Crippen molar-refractivity contribution >= 4 is 11.7 Å². The number of esters is 1. The summed E-state index contributed by atoms with van der Waals surface area (Å²) in [5, 5.41) is 11.1. The molecular formula is C16H15NO6. The van der Waals surface area contributed by atoms with Gasteiger partial charge < -0.3 is 14.2 Å². The quantitative estimate of drug-likeness (QED) is 0.352. The van der Waals surface area contributed by atoms with E-state index < -0.39 is 10.9 Å². The molecule has 2 aromatic carbocycles. The number of ether oxygens (including phenoxy) is 3. The van der Waals surface area contributed by atoms with E-state index in [0.717, 1.165) is 0 Å². The van der Waals surface area contributed by atoms with E-state index in [1.54, 1.807) is 25.1 Å². The van der Waals surface area contributed by atoms with Crippen molar-refractivity contribution in [3.63, 3.8) is 0 Å². The first-order valence-corrected chi connectivity index (χ1v) is 6.83. The van der Waals surface area contributed by atoms with Gasteiger partial charge in [-0.3, -0.25) is 10.1 Å². The highest BCUT2D eigenvalue weighted by Crippen LogP contribution is 2.32. The van der Waals surface area contributed by atoms with Crippen molar-refractivity contribution in [1.82, 2.24) is 0 Å². The second-order valence-corrected chi connectivity index (χ2v) is 4.41. The Morgan fingerprint density at radius 3 is 2.57 bits per heavy atom. The Kier molecular flexibility index (Phi) is 5.14. The number of nitro benzene ring substituents is 1. The maximum atomic E-state index is 12.3. The van der Waals surface area contributed by atoms with Gasteiger partial charge in [-0.05, 0) is 31.2 Å². The van der Waals surface area contributed by atoms with Gasteiger partial charge in [0.15, 0.2) is 0 Å². The van der Waals surface area contributed by atoms with E-state index in [0.29, 0.717) is 18.1 Å². The summed E-state index contributed by atoms with van der Waals surface area (Å²) >= 11 is 0. The smallest absolute Gasteiger partial charge is 0.347 e. The minimum atomic E-state index is -0.734. The molecule has 0 spiro atoms. The monoisotopic (exact) mass is 317 g/mol. The van der Waals surface area contributed by atoms with E-state index in [9.17, 15) is 14.9 Å². The van der Waals surface area contributed by atoms with Gasteiger partial charge in [0.25, 0.3) is 0 Å². The van der Waals surface area contributed by atoms with Crippen LogP contribution in [0.1, 0.15) is 17.3 Å². The Labute approximate surface area is 132 Å². The Hall–Kier alpha value is -3.09. The van der Waals surface area contributed by atoms with E-state index in [-0.39, 0.29) is 17.0 Å². The number of carbonyl (C=O) groups excluding carboxylic acids is 1. The van der Waals surface area contributed by atoms with Crippen LogP contribution in [0.5, 0.6) is 17.2 Å². The molecule has 0 atom stereocenters. The maximum absolute atomic E-state index is 12.3. The van der Waals surface area contributed by atoms with Crippen LogP contribution in [0.2, 0.25) is 0 Å². The molecule has 0 N–H and O–H groups in total. The third kappa shape index (κ3) is 3.76. The molecule has 2 aromatic rings. The summed E-state index contributed by atoms with van der Waals surface area (Å²) in [5.41, 5.74) is -0.161. The van der Waals surface area contributed by atoms with Crippen molar-refractivity contribution in [2.45, 2.75) is 6.92 Å². The number of nitro groups is 1. The Morgan fingerprint density at radius 2 is 1.91 bits per heavy atom. The molecule has 2 rings (SSSR count). The number of hydrogen-bond donors (Lipinski definition) is 0. The van der Waals surface area contributed by atoms with Gasteiger partial charge in [0.2, 0.25) is 5.75 Å². The summed E-state index contributed by atoms with van der Waals surface area (Å²) in [5.74, 6) is -0.239. The maximum Gasteiger partial charge on any atom is 0.347 e. The molecule has 120 valence electrons. The highest BCUT2D eigenvalue weighted by Gasteiger charge is 2.21. The Bertz CT molecular complexity index is 728. The lowest BCUT2D eigenvalue weighted by molar-refractivity contribution is -0.385. The van der Waals surface area contributed by atoms with Crippen LogP contribution in [-0.2, 0) is 0 Å². The molecule has 0 bridgehead atoms. The molecule has 0 amide bonds. The number of nitrogens with zero attached hydrogens (tertiary/aromatic N) is 1. The van der Waals surface area contributed by atoms with Crippen LogP contribution in [0.25, 0.3) is 0 Å². The molecule has 0 aliphatic carbocycles. The predicted octanol–water partition coefficient (Wildman–Crippen LogP) is 3.22. The van der Waals surface area contributed by atoms with E-state index >= 15 is 0 Å². The molecule has 0 unspecified atom stereocenters. The minimum absolute atomic E-state index is 0.160. The summed E-state index contributed by atoms with van der Waals surface area (Å²) in [7, 11) is 1.39. The molecule has 0 saturated heterocycles. The molecule has 0 aromatic heterocycles. The fourth-order valence-electron chi connectivity index (χ4n) is 1.92. The molecule has 7 nitrogen and oxygen atoms in total. The zero-order valence-electron chi connectivity index (χ0n) is 12.6. The first-order chi connectivity index (χ1) is 11.1. The van der Waals surface area contributed by atoms with Crippen molar-refractivity contribution in [1.29, 1.82) is 0 Å². The number of rotatable bonds is 6. The molecule has 0 aliphatic rings. The Morgan fingerprint density at radius 1 is 1.17 bits per heavy atom. The zero-order valence-corrected chi connectivity index (χ0v) is 12.6. The first-order valence-electron chi connectivity index (χ1n) is 6.83. The van der Waals surface area contributed by atoms with Crippen molar-refractivity contribution in [2.24, 2.45) is 0 Å². The highest BCUT2D eigenvalue weighted by atomic mass is 16.6. The molecule has 0 saturated carbocycles. The molecular weight excluding hydrogens is 302 g/mol. The van der Waals surface area contributed by atoms with Crippen LogP contribution >= 0.6 is 0 Å². The first kappa shape index (κ1) is 16.3. The van der Waals surface area contributed by atoms with E-state index in [1.807, 2.05) is 0 Å². The molecule has 0 fully saturated rings. The number of para-hydroxylation sites is 1. The van der Waals surface area contributed by atoms with Crippen molar-refractivity contribution in [3.05, 3.63) is 58.1 Å². The van der Waals surface area contributed by atoms with Crippen molar-refractivity contribution < 1.29 is 23.9 Å². The predicted molar refractivity (Wildman–Crippen MR) is 82.2 cm³/mol. The normalized spacial score (nSPS) is 10.0. The Balaban J connectivity index is 2.32. The molecule has 0 radical (unpaired) electrons. The lowest BCUT2D eigenvalue weighted by Gasteiger charge is -2.10. The number of carbonyl (C=O) groups is 1. The second kappa shape index (κ2) is 7.26. The van der Waals surface area contributed by atoms with Gasteiger partial charge in [0.05, 0.1) is 24.7 Å². The lowest BCUT2D eigenvalue weighted by atomic mass is 10.2. The zero-order chi connectivity index (χ0) is 16.8. The second-order valence-electron chi connectivity index (χ2n) is 4.41. The molecule has 7 heteroatoms. The highest BCUT2D eigenvalue weighted by molar-refractivity contribution is 5.94. The lowest BCUT2D eigenvalue weighted by Crippen LogP contribution is -2.11. The third-order valence-electron chi connectivity index (χ3n) is 2.97. The van der Waals surface area contributed by atoms with Gasteiger partial charge in [0, 0.05) is 0 Å². The van der Waals surface area contributed by atoms with Crippen molar-refractivity contribution in [3.8, 4) is 17.2 Å². The third-order valence-corrected chi connectivity index (χ3v) is 2.97. The summed E-state index contributed by atoms with van der Waals surface area (Å²) in [6, 6.07) is 10.5. The summed E-state index contributed by atoms with van der Waals surface area (Å²) in [6.45, 7) is 2.17. The summed E-state index contributed by atoms with van der Waals surface area (Å²) in [6.07, 6.45) is 0. The van der Waals surface area contributed by atoms with E-state index in [2.05, 4.69) is 0 Å². The SMILES string of the molecule is CCOc1ccccc1C(=O)Oc1ccc(OC)cc1[N+](=O)[O-]. The number of benzene rings is 2. The topological polar surface area (TPSA) is 87.9 Å². The number of methoxy groups -OCH3 is 1. The van der Waals surface area contributed by atoms with Crippen LogP contribution in [0.4, 0.5) is 5.69 Å². The molecule has 0 aliphatic heterocycles. The minimum Gasteiger partial charge on any atom is -0.496 e. The average molecular weight is 317 g/mol. The summed E-state index contributed by atoms with van der Waals surface area (Å²) in [4.78, 5) is 22.8. The average Bonchev–Trinajstić information content (AvgIpc) is 2.55. The van der Waals surface area contributed by atoms with Crippen LogP contribution in [0.15, 0.2) is 42.5 Å². The van der Waals surface area contributed by atoms with Gasteiger partial charge in [0.1, 0.15) is 17.1 Å². The van der Waals surface area contributed by atoms with Crippen LogP contribution in [0.3, 0.4) is 0 Å². The standard InChI is InChI=1S/C16H15NO6/c1-3-22-14-7-5-4-6-12(14)16(18)23-15-9-8-11(21-2)10-13(15)17(19)20/h4-10H,3H2,1-2H3. The van der Waals surface area contributed by atoms with E-state index in [1.165, 1.54) is 31.4 Å². The molecule has 0 heterocycles. The van der Waals surface area contributed by atoms with Crippen molar-refractivity contribution in [2.75, 3.05) is 13.7 Å². The van der Waals surface area contributed by atoms with Crippen LogP contribution < -0.4 is 14.2 Å². The number of hydrogen-bond acceptors (Lipinski definition) is 6. The summed E-state index contributed by atoms with van der Waals surface area (Å²) < 4.78 is 15.5. The molecule has 23 heavy (non-hydrogen) atoms. The van der Waals surface area contributed by atoms with Crippen LogP contribution in [0, 0.1) is 10.1 Å². The fraction of sp³-hybridized carbons (Fsp3) is 0.188. The van der Waals surface area contributed by atoms with Gasteiger partial charge in [-0.1, -0.05) is 12.1 Å². The van der Waals surface area contributed by atoms with Crippen LogP contribution in [-0.4, -0.2) is 24.6 Å². The fourth-order valence-corrected chi connectivity index (χ4v) is 1.92. The van der Waals surface area contributed by atoms with Gasteiger partial charge in [-0.15, -0.1) is 0 Å².